The van der Waals surface area contributed by atoms with Crippen LogP contribution in [0.1, 0.15) is 386 Å². The van der Waals surface area contributed by atoms with Crippen molar-refractivity contribution in [3.05, 3.63) is 12.2 Å². The second kappa shape index (κ2) is 64.1. The van der Waals surface area contributed by atoms with Gasteiger partial charge in [0, 0.05) is 12.8 Å². The molecule has 0 aliphatic carbocycles. The molecular weight excluding hydrogens is 911 g/mol. The molecule has 0 aliphatic heterocycles. The van der Waals surface area contributed by atoms with Gasteiger partial charge in [0.05, 0.1) is 25.4 Å². The standard InChI is InChI=1S/C68H133NO5/c1-3-5-7-9-11-13-15-17-18-19-20-21-22-23-24-27-30-33-37-40-44-48-52-56-60-66(71)65(64-70)69-67(72)61-57-53-49-45-41-38-34-31-28-25-26-29-32-35-39-43-47-51-55-59-63-74-68(73)62-58-54-50-46-42-36-16-14-12-10-8-6-4-2/h56,60,65-66,70-71H,3-55,57-59,61-64H2,1-2H3,(H,69,72)/b60-56+. The molecule has 0 aromatic heterocycles. The number of ether oxygens (including phenoxy) is 1. The normalized spacial score (nSPS) is 12.5. The first-order valence-electron chi connectivity index (χ1n) is 34.0. The van der Waals surface area contributed by atoms with Crippen molar-refractivity contribution >= 4 is 11.9 Å². The molecule has 0 bridgehead atoms. The minimum Gasteiger partial charge on any atom is -0.466 e. The molecule has 0 rings (SSSR count). The van der Waals surface area contributed by atoms with Crippen LogP contribution in [0.2, 0.25) is 0 Å². The lowest BCUT2D eigenvalue weighted by atomic mass is 10.0. The molecule has 0 saturated heterocycles. The van der Waals surface area contributed by atoms with E-state index in [2.05, 4.69) is 19.2 Å². The zero-order chi connectivity index (χ0) is 53.6. The van der Waals surface area contributed by atoms with Crippen molar-refractivity contribution in [1.82, 2.24) is 5.32 Å². The summed E-state index contributed by atoms with van der Waals surface area (Å²) in [5.41, 5.74) is 0. The lowest BCUT2D eigenvalue weighted by Gasteiger charge is -2.20. The van der Waals surface area contributed by atoms with Crippen molar-refractivity contribution in [2.45, 2.75) is 398 Å². The van der Waals surface area contributed by atoms with E-state index in [0.29, 0.717) is 19.4 Å². The number of unbranched alkanes of at least 4 members (excludes halogenated alkanes) is 53. The molecular formula is C68H133NO5. The summed E-state index contributed by atoms with van der Waals surface area (Å²) >= 11 is 0. The number of carbonyl (C=O) groups is 2. The smallest absolute Gasteiger partial charge is 0.305 e. The van der Waals surface area contributed by atoms with Gasteiger partial charge in [-0.15, -0.1) is 0 Å². The van der Waals surface area contributed by atoms with Crippen LogP contribution < -0.4 is 5.32 Å². The van der Waals surface area contributed by atoms with Crippen molar-refractivity contribution in [2.24, 2.45) is 0 Å². The quantitative estimate of drug-likeness (QED) is 0.0320. The first kappa shape index (κ1) is 72.6. The van der Waals surface area contributed by atoms with E-state index in [1.165, 1.54) is 321 Å². The Balaban J connectivity index is 3.42. The van der Waals surface area contributed by atoms with Gasteiger partial charge in [-0.1, -0.05) is 353 Å². The topological polar surface area (TPSA) is 95.9 Å². The first-order valence-corrected chi connectivity index (χ1v) is 34.0. The molecule has 0 heterocycles. The summed E-state index contributed by atoms with van der Waals surface area (Å²) in [6.07, 6.45) is 78.4. The third kappa shape index (κ3) is 59.8. The van der Waals surface area contributed by atoms with Gasteiger partial charge in [-0.3, -0.25) is 9.59 Å². The van der Waals surface area contributed by atoms with E-state index in [0.717, 1.165) is 38.5 Å². The van der Waals surface area contributed by atoms with Gasteiger partial charge in [0.1, 0.15) is 0 Å². The molecule has 0 spiro atoms. The molecule has 2 atom stereocenters. The minimum atomic E-state index is -0.846. The Hall–Kier alpha value is -1.40. The van der Waals surface area contributed by atoms with E-state index >= 15 is 0 Å². The monoisotopic (exact) mass is 1040 g/mol. The Morgan fingerprint density at radius 3 is 0.919 bits per heavy atom. The Morgan fingerprint density at radius 2 is 0.622 bits per heavy atom. The second-order valence-corrected chi connectivity index (χ2v) is 23.5. The van der Waals surface area contributed by atoms with Gasteiger partial charge in [0.2, 0.25) is 5.91 Å². The number of esters is 1. The average molecular weight is 1040 g/mol. The van der Waals surface area contributed by atoms with E-state index in [9.17, 15) is 19.8 Å². The van der Waals surface area contributed by atoms with Crippen molar-refractivity contribution in [2.75, 3.05) is 13.2 Å². The highest BCUT2D eigenvalue weighted by atomic mass is 16.5. The Labute approximate surface area is 463 Å². The number of aliphatic hydroxyl groups is 2. The number of rotatable bonds is 64. The highest BCUT2D eigenvalue weighted by molar-refractivity contribution is 5.76. The van der Waals surface area contributed by atoms with Crippen LogP contribution in [0.3, 0.4) is 0 Å². The second-order valence-electron chi connectivity index (χ2n) is 23.5. The number of hydrogen-bond acceptors (Lipinski definition) is 5. The van der Waals surface area contributed by atoms with Crippen LogP contribution in [0.15, 0.2) is 12.2 Å². The van der Waals surface area contributed by atoms with E-state index in [1.807, 2.05) is 6.08 Å². The summed E-state index contributed by atoms with van der Waals surface area (Å²) in [5, 5.41) is 23.3. The highest BCUT2D eigenvalue weighted by Gasteiger charge is 2.18. The van der Waals surface area contributed by atoms with Crippen LogP contribution in [0.5, 0.6) is 0 Å². The van der Waals surface area contributed by atoms with Gasteiger partial charge >= 0.3 is 5.97 Å². The maximum Gasteiger partial charge on any atom is 0.305 e. The third-order valence-corrected chi connectivity index (χ3v) is 16.1. The molecule has 0 aliphatic rings. The van der Waals surface area contributed by atoms with E-state index in [1.54, 1.807) is 6.08 Å². The van der Waals surface area contributed by atoms with Crippen molar-refractivity contribution in [3.8, 4) is 0 Å². The lowest BCUT2D eigenvalue weighted by molar-refractivity contribution is -0.143. The number of amides is 1. The van der Waals surface area contributed by atoms with E-state index < -0.39 is 12.1 Å². The first-order chi connectivity index (χ1) is 36.5. The molecule has 0 aromatic carbocycles. The summed E-state index contributed by atoms with van der Waals surface area (Å²) in [6, 6.07) is -0.630. The molecule has 0 aromatic rings. The summed E-state index contributed by atoms with van der Waals surface area (Å²) < 4.78 is 5.48. The summed E-state index contributed by atoms with van der Waals surface area (Å²) in [4.78, 5) is 24.6. The van der Waals surface area contributed by atoms with Crippen LogP contribution in [0, 0.1) is 0 Å². The lowest BCUT2D eigenvalue weighted by Crippen LogP contribution is -2.45. The molecule has 2 unspecified atom stereocenters. The molecule has 6 nitrogen and oxygen atoms in total. The average Bonchev–Trinajstić information content (AvgIpc) is 3.40. The van der Waals surface area contributed by atoms with E-state index in [-0.39, 0.29) is 18.5 Å². The molecule has 0 radical (unpaired) electrons. The number of nitrogens with one attached hydrogen (secondary N) is 1. The molecule has 74 heavy (non-hydrogen) atoms. The van der Waals surface area contributed by atoms with Gasteiger partial charge in [-0.05, 0) is 32.1 Å². The SMILES string of the molecule is CCCCCCCCCCCCCCCCCCCCCCCC/C=C/C(O)C(CO)NC(=O)CCCCCCCCCCCCCCCCCCCCCCOC(=O)CCCCCCCCCCCCCCC. The third-order valence-electron chi connectivity index (χ3n) is 16.1. The number of carbonyl (C=O) groups excluding carboxylic acids is 2. The fraction of sp³-hybridized carbons (Fsp3) is 0.941. The van der Waals surface area contributed by atoms with Crippen LogP contribution >= 0.6 is 0 Å². The van der Waals surface area contributed by atoms with Crippen molar-refractivity contribution in [1.29, 1.82) is 0 Å². The molecule has 6 heteroatoms. The van der Waals surface area contributed by atoms with Crippen molar-refractivity contribution < 1.29 is 24.5 Å². The van der Waals surface area contributed by atoms with Crippen LogP contribution in [0.25, 0.3) is 0 Å². The maximum atomic E-state index is 12.5. The predicted molar refractivity (Wildman–Crippen MR) is 324 cm³/mol. The molecule has 0 saturated carbocycles. The Bertz CT molecular complexity index is 1110. The molecule has 3 N–H and O–H groups in total. The summed E-state index contributed by atoms with van der Waals surface area (Å²) in [6.45, 7) is 4.94. The van der Waals surface area contributed by atoms with Gasteiger partial charge < -0.3 is 20.3 Å². The number of aliphatic hydroxyl groups excluding tert-OH is 2. The number of hydrogen-bond donors (Lipinski definition) is 3. The van der Waals surface area contributed by atoms with Crippen LogP contribution in [-0.2, 0) is 14.3 Å². The van der Waals surface area contributed by atoms with Crippen LogP contribution in [0.4, 0.5) is 0 Å². The van der Waals surface area contributed by atoms with Gasteiger partial charge in [0.15, 0.2) is 0 Å². The van der Waals surface area contributed by atoms with Crippen LogP contribution in [-0.4, -0.2) is 47.4 Å². The maximum absolute atomic E-state index is 12.5. The summed E-state index contributed by atoms with van der Waals surface area (Å²) in [7, 11) is 0. The molecule has 440 valence electrons. The van der Waals surface area contributed by atoms with E-state index in [4.69, 9.17) is 4.74 Å². The highest BCUT2D eigenvalue weighted by Crippen LogP contribution is 2.19. The number of allylic oxidation sites excluding steroid dienone is 1. The van der Waals surface area contributed by atoms with Crippen molar-refractivity contribution in [3.63, 3.8) is 0 Å². The Kier molecular flexibility index (Phi) is 62.9. The largest absolute Gasteiger partial charge is 0.466 e. The molecule has 0 fully saturated rings. The minimum absolute atomic E-state index is 0.0126. The predicted octanol–water partition coefficient (Wildman–Crippen LogP) is 21.6. The molecule has 1 amide bonds. The zero-order valence-electron chi connectivity index (χ0n) is 50.4. The zero-order valence-corrected chi connectivity index (χ0v) is 50.4. The summed E-state index contributed by atoms with van der Waals surface area (Å²) in [5.74, 6) is -0.0524. The fourth-order valence-corrected chi connectivity index (χ4v) is 10.9. The van der Waals surface area contributed by atoms with Gasteiger partial charge in [-0.2, -0.15) is 0 Å². The fourth-order valence-electron chi connectivity index (χ4n) is 10.9. The van der Waals surface area contributed by atoms with Gasteiger partial charge in [-0.25, -0.2) is 0 Å². The van der Waals surface area contributed by atoms with Gasteiger partial charge in [0.25, 0.3) is 0 Å². The Morgan fingerprint density at radius 1 is 0.365 bits per heavy atom.